The van der Waals surface area contributed by atoms with Gasteiger partial charge in [-0.25, -0.2) is 8.78 Å². The number of rotatable bonds is 3. The normalized spacial score (nSPS) is 10.6. The molecule has 1 aromatic rings. The van der Waals surface area contributed by atoms with Crippen LogP contribution in [0.4, 0.5) is 14.5 Å². The third-order valence-corrected chi connectivity index (χ3v) is 1.98. The van der Waals surface area contributed by atoms with Crippen molar-refractivity contribution in [2.75, 3.05) is 12.8 Å². The van der Waals surface area contributed by atoms with Gasteiger partial charge in [-0.05, 0) is 0 Å². The van der Waals surface area contributed by atoms with E-state index in [1.807, 2.05) is 0 Å². The Kier molecular flexibility index (Phi) is 3.46. The summed E-state index contributed by atoms with van der Waals surface area (Å²) in [4.78, 5) is 3.80. The Morgan fingerprint density at radius 3 is 2.71 bits per heavy atom. The van der Waals surface area contributed by atoms with Gasteiger partial charge in [0.15, 0.2) is 5.75 Å². The minimum atomic E-state index is -2.70. The van der Waals surface area contributed by atoms with Gasteiger partial charge in [-0.2, -0.15) is 0 Å². The van der Waals surface area contributed by atoms with Crippen LogP contribution in [0.25, 0.3) is 0 Å². The molecule has 78 valence electrons. The van der Waals surface area contributed by atoms with Crippen LogP contribution in [0.1, 0.15) is 17.7 Å². The standard InChI is InChI=1S/C8H9ClF2N2O/c1-14-7-5(2-9)13-3-4(12)6(7)8(10)11/h3,8H,2,12H2,1H3. The number of hydrogen-bond donors (Lipinski definition) is 1. The molecule has 0 atom stereocenters. The van der Waals surface area contributed by atoms with Crippen molar-refractivity contribution < 1.29 is 13.5 Å². The van der Waals surface area contributed by atoms with Gasteiger partial charge in [0.05, 0.1) is 36.1 Å². The van der Waals surface area contributed by atoms with E-state index in [2.05, 4.69) is 4.98 Å². The number of pyridine rings is 1. The van der Waals surface area contributed by atoms with Crippen LogP contribution in [-0.4, -0.2) is 12.1 Å². The lowest BCUT2D eigenvalue weighted by atomic mass is 10.2. The van der Waals surface area contributed by atoms with Gasteiger partial charge in [0.1, 0.15) is 0 Å². The fraction of sp³-hybridized carbons (Fsp3) is 0.375. The molecule has 1 rings (SSSR count). The maximum absolute atomic E-state index is 12.6. The molecule has 1 heterocycles. The molecular weight excluding hydrogens is 214 g/mol. The molecule has 0 aliphatic heterocycles. The van der Waals surface area contributed by atoms with E-state index >= 15 is 0 Å². The monoisotopic (exact) mass is 222 g/mol. The van der Waals surface area contributed by atoms with E-state index in [1.54, 1.807) is 0 Å². The van der Waals surface area contributed by atoms with E-state index in [0.29, 0.717) is 0 Å². The largest absolute Gasteiger partial charge is 0.494 e. The Balaban J connectivity index is 3.35. The zero-order valence-corrected chi connectivity index (χ0v) is 8.18. The third kappa shape index (κ3) is 1.87. The topological polar surface area (TPSA) is 48.1 Å². The second-order valence-electron chi connectivity index (χ2n) is 2.54. The van der Waals surface area contributed by atoms with Gasteiger partial charge in [0.25, 0.3) is 6.43 Å². The van der Waals surface area contributed by atoms with Crippen LogP contribution in [0, 0.1) is 0 Å². The van der Waals surface area contributed by atoms with Crippen LogP contribution in [-0.2, 0) is 5.88 Å². The van der Waals surface area contributed by atoms with Crippen molar-refractivity contribution in [1.29, 1.82) is 0 Å². The molecule has 0 aromatic carbocycles. The van der Waals surface area contributed by atoms with Gasteiger partial charge in [-0.1, -0.05) is 0 Å². The number of hydrogen-bond acceptors (Lipinski definition) is 3. The van der Waals surface area contributed by atoms with E-state index < -0.39 is 6.43 Å². The second kappa shape index (κ2) is 4.41. The number of halogens is 3. The molecule has 14 heavy (non-hydrogen) atoms. The van der Waals surface area contributed by atoms with Crippen molar-refractivity contribution in [3.05, 3.63) is 17.5 Å². The summed E-state index contributed by atoms with van der Waals surface area (Å²) in [6.45, 7) is 0. The summed E-state index contributed by atoms with van der Waals surface area (Å²) in [7, 11) is 1.28. The van der Waals surface area contributed by atoms with E-state index in [1.165, 1.54) is 7.11 Å². The van der Waals surface area contributed by atoms with Crippen LogP contribution in [0.5, 0.6) is 5.75 Å². The van der Waals surface area contributed by atoms with Crippen LogP contribution >= 0.6 is 11.6 Å². The fourth-order valence-electron chi connectivity index (χ4n) is 1.11. The predicted molar refractivity (Wildman–Crippen MR) is 49.7 cm³/mol. The number of anilines is 1. The van der Waals surface area contributed by atoms with Gasteiger partial charge in [0.2, 0.25) is 0 Å². The first kappa shape index (κ1) is 11.0. The summed E-state index contributed by atoms with van der Waals surface area (Å²) in [5, 5.41) is 0. The first-order chi connectivity index (χ1) is 6.61. The van der Waals surface area contributed by atoms with Crippen molar-refractivity contribution in [3.8, 4) is 5.75 Å². The number of nitrogens with two attached hydrogens (primary N) is 1. The summed E-state index contributed by atoms with van der Waals surface area (Å²) in [5.74, 6) is -0.0293. The highest BCUT2D eigenvalue weighted by atomic mass is 35.5. The van der Waals surface area contributed by atoms with Gasteiger partial charge in [-0.15, -0.1) is 11.6 Å². The molecule has 0 unspecified atom stereocenters. The summed E-state index contributed by atoms with van der Waals surface area (Å²) in [6, 6.07) is 0. The molecule has 0 amide bonds. The van der Waals surface area contributed by atoms with Gasteiger partial charge in [-0.3, -0.25) is 4.98 Å². The van der Waals surface area contributed by atoms with Crippen molar-refractivity contribution in [2.45, 2.75) is 12.3 Å². The van der Waals surface area contributed by atoms with E-state index in [9.17, 15) is 8.78 Å². The summed E-state index contributed by atoms with van der Waals surface area (Å²) < 4.78 is 29.9. The smallest absolute Gasteiger partial charge is 0.269 e. The Morgan fingerprint density at radius 2 is 2.29 bits per heavy atom. The molecule has 2 N–H and O–H groups in total. The number of nitrogen functional groups attached to an aromatic ring is 1. The first-order valence-electron chi connectivity index (χ1n) is 3.77. The fourth-order valence-corrected chi connectivity index (χ4v) is 1.30. The lowest BCUT2D eigenvalue weighted by Gasteiger charge is -2.12. The molecule has 0 saturated heterocycles. The number of alkyl halides is 3. The molecule has 3 nitrogen and oxygen atoms in total. The molecular formula is C8H9ClF2N2O. The zero-order chi connectivity index (χ0) is 10.7. The van der Waals surface area contributed by atoms with Crippen LogP contribution in [0.3, 0.4) is 0 Å². The summed E-state index contributed by atoms with van der Waals surface area (Å²) >= 11 is 5.51. The highest BCUT2D eigenvalue weighted by Gasteiger charge is 2.21. The molecule has 0 fully saturated rings. The average Bonchev–Trinajstić information content (AvgIpc) is 2.16. The SMILES string of the molecule is COc1c(CCl)ncc(N)c1C(F)F. The molecule has 0 saturated carbocycles. The molecule has 0 radical (unpaired) electrons. The van der Waals surface area contributed by atoms with Gasteiger partial charge >= 0.3 is 0 Å². The Hall–Kier alpha value is -1.10. The van der Waals surface area contributed by atoms with Gasteiger partial charge < -0.3 is 10.5 Å². The Labute approximate surface area is 84.8 Å². The second-order valence-corrected chi connectivity index (χ2v) is 2.81. The predicted octanol–water partition coefficient (Wildman–Crippen LogP) is 2.35. The van der Waals surface area contributed by atoms with Crippen molar-refractivity contribution in [2.24, 2.45) is 0 Å². The van der Waals surface area contributed by atoms with Crippen LogP contribution in [0.15, 0.2) is 6.20 Å². The minimum Gasteiger partial charge on any atom is -0.494 e. The molecule has 0 spiro atoms. The molecule has 0 aliphatic carbocycles. The number of nitrogens with zero attached hydrogens (tertiary/aromatic N) is 1. The number of ether oxygens (including phenoxy) is 1. The highest BCUT2D eigenvalue weighted by Crippen LogP contribution is 2.35. The first-order valence-corrected chi connectivity index (χ1v) is 4.30. The molecule has 0 aliphatic rings. The van der Waals surface area contributed by atoms with Crippen molar-refractivity contribution >= 4 is 17.3 Å². The van der Waals surface area contributed by atoms with Crippen molar-refractivity contribution in [3.63, 3.8) is 0 Å². The van der Waals surface area contributed by atoms with E-state index in [-0.39, 0.29) is 28.6 Å². The Bertz CT molecular complexity index is 333. The maximum atomic E-state index is 12.6. The molecule has 1 aromatic heterocycles. The third-order valence-electron chi connectivity index (χ3n) is 1.73. The lowest BCUT2D eigenvalue weighted by Crippen LogP contribution is -2.03. The minimum absolute atomic E-state index is 0.00315. The van der Waals surface area contributed by atoms with Crippen LogP contribution in [0.2, 0.25) is 0 Å². The van der Waals surface area contributed by atoms with Gasteiger partial charge in [0, 0.05) is 0 Å². The molecule has 6 heteroatoms. The van der Waals surface area contributed by atoms with E-state index in [0.717, 1.165) is 6.20 Å². The van der Waals surface area contributed by atoms with Crippen LogP contribution < -0.4 is 10.5 Å². The summed E-state index contributed by atoms with van der Waals surface area (Å²) in [5.41, 5.74) is 5.18. The quantitative estimate of drug-likeness (QED) is 0.799. The highest BCUT2D eigenvalue weighted by molar-refractivity contribution is 6.17. The maximum Gasteiger partial charge on any atom is 0.269 e. The van der Waals surface area contributed by atoms with Crippen molar-refractivity contribution in [1.82, 2.24) is 4.98 Å². The zero-order valence-electron chi connectivity index (χ0n) is 7.43. The van der Waals surface area contributed by atoms with E-state index in [4.69, 9.17) is 22.1 Å². The molecule has 0 bridgehead atoms. The number of aromatic nitrogens is 1. The lowest BCUT2D eigenvalue weighted by molar-refractivity contribution is 0.147. The summed E-state index contributed by atoms with van der Waals surface area (Å²) in [6.07, 6.45) is -1.54. The average molecular weight is 223 g/mol. The number of methoxy groups -OCH3 is 1. The Morgan fingerprint density at radius 1 is 1.64 bits per heavy atom.